The van der Waals surface area contributed by atoms with Crippen LogP contribution in [-0.4, -0.2) is 39.8 Å². The number of rotatable bonds is 8. The molecule has 0 atom stereocenters. The van der Waals surface area contributed by atoms with E-state index in [1.54, 1.807) is 7.11 Å². The van der Waals surface area contributed by atoms with E-state index < -0.39 is 0 Å². The number of halogens is 1. The highest BCUT2D eigenvalue weighted by Crippen LogP contribution is 2.43. The van der Waals surface area contributed by atoms with Crippen molar-refractivity contribution < 1.29 is 4.74 Å². The molecule has 1 saturated carbocycles. The maximum Gasteiger partial charge on any atom is 0.191 e. The van der Waals surface area contributed by atoms with E-state index >= 15 is 0 Å². The molecule has 126 valence electrons. The van der Waals surface area contributed by atoms with Crippen molar-refractivity contribution in [1.29, 1.82) is 0 Å². The first-order valence-electron chi connectivity index (χ1n) is 7.74. The minimum atomic E-state index is 0. The van der Waals surface area contributed by atoms with Gasteiger partial charge in [-0.2, -0.15) is 0 Å². The Morgan fingerprint density at radius 1 is 1.41 bits per heavy atom. The van der Waals surface area contributed by atoms with E-state index in [1.165, 1.54) is 24.1 Å². The molecule has 1 aliphatic carbocycles. The van der Waals surface area contributed by atoms with Crippen molar-refractivity contribution in [3.63, 3.8) is 0 Å². The van der Waals surface area contributed by atoms with Crippen LogP contribution in [0.15, 0.2) is 22.5 Å². The summed E-state index contributed by atoms with van der Waals surface area (Å²) in [5.74, 6) is 0.912. The quantitative estimate of drug-likeness (QED) is 0.373. The van der Waals surface area contributed by atoms with E-state index in [-0.39, 0.29) is 24.0 Å². The van der Waals surface area contributed by atoms with Crippen molar-refractivity contribution in [2.45, 2.75) is 32.1 Å². The standard InChI is InChI=1S/C16H27N3OS.HI/c1-17-15(18-10-6-14-5-3-12-21-14)19-13-16(7-4-8-16)9-11-20-2;/h3,5,12H,4,6-11,13H2,1-2H3,(H2,17,18,19);1H. The van der Waals surface area contributed by atoms with Gasteiger partial charge in [-0.1, -0.05) is 12.5 Å². The first-order valence-corrected chi connectivity index (χ1v) is 8.62. The molecule has 1 fully saturated rings. The van der Waals surface area contributed by atoms with Crippen LogP contribution in [-0.2, 0) is 11.2 Å². The lowest BCUT2D eigenvalue weighted by atomic mass is 9.67. The second-order valence-corrected chi connectivity index (χ2v) is 6.81. The molecule has 1 heterocycles. The van der Waals surface area contributed by atoms with E-state index in [9.17, 15) is 0 Å². The molecule has 0 radical (unpaired) electrons. The lowest BCUT2D eigenvalue weighted by Crippen LogP contribution is -2.47. The lowest BCUT2D eigenvalue weighted by molar-refractivity contribution is 0.0732. The van der Waals surface area contributed by atoms with Gasteiger partial charge in [-0.15, -0.1) is 35.3 Å². The molecule has 1 aromatic heterocycles. The number of hydrogen-bond donors (Lipinski definition) is 2. The highest BCUT2D eigenvalue weighted by Gasteiger charge is 2.36. The van der Waals surface area contributed by atoms with Gasteiger partial charge in [-0.25, -0.2) is 0 Å². The summed E-state index contributed by atoms with van der Waals surface area (Å²) in [5.41, 5.74) is 0.418. The summed E-state index contributed by atoms with van der Waals surface area (Å²) in [6.07, 6.45) is 6.14. The SMILES string of the molecule is CN=C(NCCc1cccs1)NCC1(CCOC)CCC1.I. The average molecular weight is 437 g/mol. The number of nitrogens with zero attached hydrogens (tertiary/aromatic N) is 1. The van der Waals surface area contributed by atoms with Crippen LogP contribution in [0, 0.1) is 5.41 Å². The third kappa shape index (κ3) is 6.04. The fourth-order valence-corrected chi connectivity index (χ4v) is 3.47. The molecule has 2 N–H and O–H groups in total. The van der Waals surface area contributed by atoms with Crippen LogP contribution in [0.1, 0.15) is 30.6 Å². The summed E-state index contributed by atoms with van der Waals surface area (Å²) in [6, 6.07) is 4.28. The van der Waals surface area contributed by atoms with Gasteiger partial charge in [0.15, 0.2) is 5.96 Å². The smallest absolute Gasteiger partial charge is 0.191 e. The fourth-order valence-electron chi connectivity index (χ4n) is 2.76. The Morgan fingerprint density at radius 2 is 2.23 bits per heavy atom. The molecule has 1 aromatic rings. The third-order valence-electron chi connectivity index (χ3n) is 4.35. The van der Waals surface area contributed by atoms with Crippen molar-refractivity contribution in [3.05, 3.63) is 22.4 Å². The third-order valence-corrected chi connectivity index (χ3v) is 5.29. The molecule has 0 saturated heterocycles. The summed E-state index contributed by atoms with van der Waals surface area (Å²) >= 11 is 1.81. The second kappa shape index (κ2) is 10.4. The number of aliphatic imine (C=N–C) groups is 1. The topological polar surface area (TPSA) is 45.7 Å². The van der Waals surface area contributed by atoms with Crippen molar-refractivity contribution in [3.8, 4) is 0 Å². The molecule has 22 heavy (non-hydrogen) atoms. The molecule has 0 spiro atoms. The molecule has 4 nitrogen and oxygen atoms in total. The summed E-state index contributed by atoms with van der Waals surface area (Å²) in [6.45, 7) is 2.77. The highest BCUT2D eigenvalue weighted by atomic mass is 127. The first kappa shape index (κ1) is 19.7. The zero-order chi connectivity index (χ0) is 15.0. The van der Waals surface area contributed by atoms with E-state index in [1.807, 2.05) is 18.4 Å². The predicted molar refractivity (Wildman–Crippen MR) is 106 cm³/mol. The van der Waals surface area contributed by atoms with Crippen LogP contribution >= 0.6 is 35.3 Å². The molecular weight excluding hydrogens is 409 g/mol. The van der Waals surface area contributed by atoms with Gasteiger partial charge < -0.3 is 15.4 Å². The van der Waals surface area contributed by atoms with Crippen LogP contribution in [0.5, 0.6) is 0 Å². The number of thiophene rings is 1. The van der Waals surface area contributed by atoms with Crippen molar-refractivity contribution in [1.82, 2.24) is 10.6 Å². The summed E-state index contributed by atoms with van der Waals surface area (Å²) in [4.78, 5) is 5.73. The van der Waals surface area contributed by atoms with Gasteiger partial charge >= 0.3 is 0 Å². The predicted octanol–water partition coefficient (Wildman–Crippen LogP) is 3.28. The van der Waals surface area contributed by atoms with Crippen LogP contribution in [0.25, 0.3) is 0 Å². The van der Waals surface area contributed by atoms with Crippen LogP contribution in [0.3, 0.4) is 0 Å². The Kier molecular flexibility index (Phi) is 9.35. The van der Waals surface area contributed by atoms with Gasteiger partial charge in [0.1, 0.15) is 0 Å². The average Bonchev–Trinajstić information content (AvgIpc) is 2.97. The van der Waals surface area contributed by atoms with Crippen molar-refractivity contribution in [2.75, 3.05) is 33.9 Å². The number of guanidine groups is 1. The molecule has 0 amide bonds. The Hall–Kier alpha value is -0.340. The highest BCUT2D eigenvalue weighted by molar-refractivity contribution is 14.0. The molecule has 0 bridgehead atoms. The van der Waals surface area contributed by atoms with Crippen molar-refractivity contribution in [2.24, 2.45) is 10.4 Å². The zero-order valence-corrected chi connectivity index (χ0v) is 16.7. The molecule has 0 aromatic carbocycles. The van der Waals surface area contributed by atoms with E-state index in [0.29, 0.717) is 5.41 Å². The number of nitrogens with one attached hydrogen (secondary N) is 2. The summed E-state index contributed by atoms with van der Waals surface area (Å²) in [5, 5.41) is 9.01. The van der Waals surface area contributed by atoms with Gasteiger partial charge in [-0.05, 0) is 42.5 Å². The number of hydrogen-bond acceptors (Lipinski definition) is 3. The molecule has 6 heteroatoms. The van der Waals surface area contributed by atoms with Gasteiger partial charge in [-0.3, -0.25) is 4.99 Å². The monoisotopic (exact) mass is 437 g/mol. The van der Waals surface area contributed by atoms with Crippen molar-refractivity contribution >= 4 is 41.3 Å². The molecule has 2 rings (SSSR count). The normalized spacial score (nSPS) is 16.5. The Morgan fingerprint density at radius 3 is 2.77 bits per heavy atom. The molecule has 1 aliphatic rings. The Balaban J connectivity index is 0.00000242. The molecule has 0 unspecified atom stereocenters. The van der Waals surface area contributed by atoms with Gasteiger partial charge in [0.05, 0.1) is 0 Å². The second-order valence-electron chi connectivity index (χ2n) is 5.78. The van der Waals surface area contributed by atoms with Gasteiger partial charge in [0.25, 0.3) is 0 Å². The van der Waals surface area contributed by atoms with Gasteiger partial charge in [0.2, 0.25) is 0 Å². The van der Waals surface area contributed by atoms with Crippen LogP contribution in [0.4, 0.5) is 0 Å². The lowest BCUT2D eigenvalue weighted by Gasteiger charge is -2.42. The summed E-state index contributed by atoms with van der Waals surface area (Å²) < 4.78 is 5.24. The van der Waals surface area contributed by atoms with Crippen LogP contribution in [0.2, 0.25) is 0 Å². The zero-order valence-electron chi connectivity index (χ0n) is 13.6. The van der Waals surface area contributed by atoms with E-state index in [4.69, 9.17) is 4.74 Å². The largest absolute Gasteiger partial charge is 0.385 e. The van der Waals surface area contributed by atoms with Gasteiger partial charge in [0, 0.05) is 38.7 Å². The van der Waals surface area contributed by atoms with Crippen LogP contribution < -0.4 is 10.6 Å². The fraction of sp³-hybridized carbons (Fsp3) is 0.688. The molecular formula is C16H28IN3OS. The van der Waals surface area contributed by atoms with E-state index in [2.05, 4.69) is 33.1 Å². The minimum Gasteiger partial charge on any atom is -0.385 e. The Bertz CT molecular complexity index is 433. The first-order chi connectivity index (χ1) is 10.3. The number of ether oxygens (including phenoxy) is 1. The summed E-state index contributed by atoms with van der Waals surface area (Å²) in [7, 11) is 3.62. The maximum atomic E-state index is 5.24. The Labute approximate surface area is 155 Å². The maximum absolute atomic E-state index is 5.24. The number of methoxy groups -OCH3 is 1. The minimum absolute atomic E-state index is 0. The molecule has 0 aliphatic heterocycles. The van der Waals surface area contributed by atoms with E-state index in [0.717, 1.165) is 38.5 Å².